The first-order chi connectivity index (χ1) is 9.32. The van der Waals surface area contributed by atoms with Gasteiger partial charge in [-0.3, -0.25) is 4.79 Å². The zero-order valence-electron chi connectivity index (χ0n) is 10.8. The Morgan fingerprint density at radius 1 is 1.40 bits per heavy atom. The van der Waals surface area contributed by atoms with Crippen LogP contribution >= 0.6 is 35.4 Å². The Morgan fingerprint density at radius 3 is 2.60 bits per heavy atom. The van der Waals surface area contributed by atoms with Gasteiger partial charge in [-0.15, -0.1) is 0 Å². The van der Waals surface area contributed by atoms with Gasteiger partial charge in [-0.2, -0.15) is 0 Å². The lowest BCUT2D eigenvalue weighted by atomic mass is 9.87. The summed E-state index contributed by atoms with van der Waals surface area (Å²) in [5, 5.41) is 10.6. The van der Waals surface area contributed by atoms with Crippen molar-refractivity contribution in [2.45, 2.75) is 13.0 Å². The van der Waals surface area contributed by atoms with Crippen molar-refractivity contribution in [3.63, 3.8) is 0 Å². The standard InChI is InChI=1S/C13H12Cl2N2O2S/c1-6-10(12(18)19)11(17(2)13(20)16-6)7-3-4-8(14)9(15)5-7/h3-5,10-11H,1-2H3,(H,18,19). The summed E-state index contributed by atoms with van der Waals surface area (Å²) in [6.07, 6.45) is 0. The number of hydrogen-bond acceptors (Lipinski definition) is 2. The van der Waals surface area contributed by atoms with Crippen LogP contribution in [0.2, 0.25) is 10.0 Å². The van der Waals surface area contributed by atoms with Gasteiger partial charge < -0.3 is 10.0 Å². The van der Waals surface area contributed by atoms with Gasteiger partial charge in [0.15, 0.2) is 5.11 Å². The number of thiocarbonyl (C=S) groups is 1. The fourth-order valence-electron chi connectivity index (χ4n) is 2.30. The first kappa shape index (κ1) is 15.2. The van der Waals surface area contributed by atoms with Gasteiger partial charge >= 0.3 is 5.97 Å². The monoisotopic (exact) mass is 330 g/mol. The molecule has 0 bridgehead atoms. The Labute approximate surface area is 132 Å². The van der Waals surface area contributed by atoms with Crippen molar-refractivity contribution in [2.75, 3.05) is 7.05 Å². The zero-order chi connectivity index (χ0) is 15.0. The van der Waals surface area contributed by atoms with Crippen LogP contribution in [0.3, 0.4) is 0 Å². The van der Waals surface area contributed by atoms with Crippen molar-refractivity contribution in [3.05, 3.63) is 33.8 Å². The molecule has 7 heteroatoms. The first-order valence-corrected chi connectivity index (χ1v) is 6.99. The molecule has 0 saturated carbocycles. The Balaban J connectivity index is 2.55. The largest absolute Gasteiger partial charge is 0.481 e. The van der Waals surface area contributed by atoms with Crippen molar-refractivity contribution < 1.29 is 9.90 Å². The Kier molecular flexibility index (Phi) is 4.32. The van der Waals surface area contributed by atoms with Gasteiger partial charge in [0.2, 0.25) is 0 Å². The molecule has 0 radical (unpaired) electrons. The summed E-state index contributed by atoms with van der Waals surface area (Å²) in [6, 6.07) is 4.62. The molecule has 20 heavy (non-hydrogen) atoms. The van der Waals surface area contributed by atoms with E-state index in [9.17, 15) is 9.90 Å². The SMILES string of the molecule is CC1=NC(=S)N(C)C(c2ccc(Cl)c(Cl)c2)C1C(=O)O. The highest BCUT2D eigenvalue weighted by Crippen LogP contribution is 2.35. The molecule has 2 atom stereocenters. The number of carboxylic acid groups (broad SMARTS) is 1. The molecule has 0 aromatic heterocycles. The molecule has 0 spiro atoms. The van der Waals surface area contributed by atoms with Crippen LogP contribution in [0.25, 0.3) is 0 Å². The van der Waals surface area contributed by atoms with Gasteiger partial charge in [0.1, 0.15) is 5.92 Å². The molecule has 106 valence electrons. The second-order valence-electron chi connectivity index (χ2n) is 4.58. The van der Waals surface area contributed by atoms with Gasteiger partial charge in [0.05, 0.1) is 16.1 Å². The molecule has 2 rings (SSSR count). The van der Waals surface area contributed by atoms with Crippen molar-refractivity contribution >= 4 is 52.2 Å². The van der Waals surface area contributed by atoms with Crippen LogP contribution in [0, 0.1) is 5.92 Å². The van der Waals surface area contributed by atoms with Gasteiger partial charge in [0.25, 0.3) is 0 Å². The van der Waals surface area contributed by atoms with Crippen molar-refractivity contribution in [1.29, 1.82) is 0 Å². The van der Waals surface area contributed by atoms with Crippen molar-refractivity contribution in [1.82, 2.24) is 4.90 Å². The van der Waals surface area contributed by atoms with Crippen LogP contribution in [-0.2, 0) is 4.79 Å². The number of aliphatic carboxylic acids is 1. The molecule has 0 saturated heterocycles. The Hall–Kier alpha value is -1.17. The van der Waals surface area contributed by atoms with Crippen LogP contribution in [0.4, 0.5) is 0 Å². The third-order valence-corrected chi connectivity index (χ3v) is 4.43. The minimum atomic E-state index is -0.948. The van der Waals surface area contributed by atoms with E-state index >= 15 is 0 Å². The van der Waals surface area contributed by atoms with Gasteiger partial charge in [-0.1, -0.05) is 29.3 Å². The fraction of sp³-hybridized carbons (Fsp3) is 0.308. The molecular formula is C13H12Cl2N2O2S. The second kappa shape index (κ2) is 5.68. The molecule has 2 unspecified atom stereocenters. The van der Waals surface area contributed by atoms with E-state index in [-0.39, 0.29) is 0 Å². The molecule has 1 aromatic carbocycles. The molecule has 1 heterocycles. The van der Waals surface area contributed by atoms with Crippen molar-refractivity contribution in [3.8, 4) is 0 Å². The number of aliphatic imine (C=N–C) groups is 1. The predicted molar refractivity (Wildman–Crippen MR) is 83.8 cm³/mol. The molecular weight excluding hydrogens is 319 g/mol. The van der Waals surface area contributed by atoms with Gasteiger partial charge in [-0.05, 0) is 36.8 Å². The summed E-state index contributed by atoms with van der Waals surface area (Å²) in [7, 11) is 1.72. The third kappa shape index (κ3) is 2.66. The highest BCUT2D eigenvalue weighted by atomic mass is 35.5. The number of benzene rings is 1. The number of carboxylic acids is 1. The second-order valence-corrected chi connectivity index (χ2v) is 5.76. The van der Waals surface area contributed by atoms with Crippen LogP contribution in [-0.4, -0.2) is 33.8 Å². The first-order valence-electron chi connectivity index (χ1n) is 5.82. The van der Waals surface area contributed by atoms with Crippen molar-refractivity contribution in [2.24, 2.45) is 10.9 Å². The van der Waals surface area contributed by atoms with Crippen LogP contribution < -0.4 is 0 Å². The summed E-state index contributed by atoms with van der Waals surface area (Å²) >= 11 is 17.1. The molecule has 1 N–H and O–H groups in total. The normalized spacial score (nSPS) is 22.7. The summed E-state index contributed by atoms with van der Waals surface area (Å²) < 4.78 is 0. The number of hydrogen-bond donors (Lipinski definition) is 1. The quantitative estimate of drug-likeness (QED) is 0.844. The maximum atomic E-state index is 11.5. The lowest BCUT2D eigenvalue weighted by molar-refractivity contribution is -0.141. The summed E-state index contributed by atoms with van der Waals surface area (Å²) in [5.41, 5.74) is 1.22. The molecule has 1 aliphatic heterocycles. The van der Waals surface area contributed by atoms with E-state index in [1.807, 2.05) is 0 Å². The average Bonchev–Trinajstić information content (AvgIpc) is 2.36. The molecule has 4 nitrogen and oxygen atoms in total. The Bertz CT molecular complexity index is 618. The van der Waals surface area contributed by atoms with Gasteiger partial charge in [-0.25, -0.2) is 4.99 Å². The number of rotatable bonds is 2. The van der Waals surface area contributed by atoms with E-state index in [0.717, 1.165) is 5.56 Å². The van der Waals surface area contributed by atoms with E-state index < -0.39 is 17.9 Å². The topological polar surface area (TPSA) is 52.9 Å². The summed E-state index contributed by atoms with van der Waals surface area (Å²) in [4.78, 5) is 17.3. The Morgan fingerprint density at radius 2 is 2.05 bits per heavy atom. The maximum Gasteiger partial charge on any atom is 0.314 e. The van der Waals surface area contributed by atoms with E-state index in [4.69, 9.17) is 35.4 Å². The zero-order valence-corrected chi connectivity index (χ0v) is 13.1. The predicted octanol–water partition coefficient (Wildman–Crippen LogP) is 3.43. The fourth-order valence-corrected chi connectivity index (χ4v) is 2.86. The highest BCUT2D eigenvalue weighted by Gasteiger charge is 2.39. The van der Waals surface area contributed by atoms with Crippen LogP contribution in [0.1, 0.15) is 18.5 Å². The summed E-state index contributed by atoms with van der Waals surface area (Å²) in [6.45, 7) is 1.67. The lowest BCUT2D eigenvalue weighted by Gasteiger charge is -2.37. The average molecular weight is 331 g/mol. The minimum Gasteiger partial charge on any atom is -0.481 e. The number of nitrogens with zero attached hydrogens (tertiary/aromatic N) is 2. The lowest BCUT2D eigenvalue weighted by Crippen LogP contribution is -2.44. The van der Waals surface area contributed by atoms with E-state index in [1.54, 1.807) is 37.1 Å². The molecule has 0 amide bonds. The minimum absolute atomic E-state index is 0.357. The molecule has 0 aliphatic carbocycles. The molecule has 0 fully saturated rings. The molecule has 1 aromatic rings. The number of carbonyl (C=O) groups is 1. The maximum absolute atomic E-state index is 11.5. The van der Waals surface area contributed by atoms with E-state index in [0.29, 0.717) is 20.9 Å². The smallest absolute Gasteiger partial charge is 0.314 e. The third-order valence-electron chi connectivity index (χ3n) is 3.31. The number of halogens is 2. The highest BCUT2D eigenvalue weighted by molar-refractivity contribution is 7.80. The van der Waals surface area contributed by atoms with Crippen LogP contribution in [0.5, 0.6) is 0 Å². The van der Waals surface area contributed by atoms with Gasteiger partial charge in [0, 0.05) is 12.8 Å². The summed E-state index contributed by atoms with van der Waals surface area (Å²) in [5.74, 6) is -1.72. The van der Waals surface area contributed by atoms with E-state index in [1.165, 1.54) is 0 Å². The molecule has 1 aliphatic rings. The van der Waals surface area contributed by atoms with E-state index in [2.05, 4.69) is 4.99 Å². The van der Waals surface area contributed by atoms with Crippen LogP contribution in [0.15, 0.2) is 23.2 Å².